The van der Waals surface area contributed by atoms with Crippen LogP contribution in [-0.4, -0.2) is 32.5 Å². The second-order valence-corrected chi connectivity index (χ2v) is 7.04. The standard InChI is InChI=1S/C20H16F4N4O3/c21-16-8-14(3-4-15(16)20(22,23)24)31-13-2-1-11-5-6-28(10-12(11)7-13)18(29)9-17-25-19(30)27-26-17/h1-4,7-8H,5-6,9-10H2,(H2,25,26,27,30). The molecule has 4 rings (SSSR count). The van der Waals surface area contributed by atoms with E-state index in [4.69, 9.17) is 4.74 Å². The van der Waals surface area contributed by atoms with Gasteiger partial charge in [-0.3, -0.25) is 9.78 Å². The number of rotatable bonds is 4. The minimum Gasteiger partial charge on any atom is -0.457 e. The van der Waals surface area contributed by atoms with Crippen LogP contribution >= 0.6 is 0 Å². The van der Waals surface area contributed by atoms with Crippen LogP contribution < -0.4 is 10.4 Å². The quantitative estimate of drug-likeness (QED) is 0.615. The third-order valence-electron chi connectivity index (χ3n) is 4.89. The summed E-state index contributed by atoms with van der Waals surface area (Å²) in [6.45, 7) is 0.784. The highest BCUT2D eigenvalue weighted by atomic mass is 19.4. The fourth-order valence-electron chi connectivity index (χ4n) is 3.38. The van der Waals surface area contributed by atoms with Crippen LogP contribution in [0.15, 0.2) is 41.2 Å². The van der Waals surface area contributed by atoms with Gasteiger partial charge in [-0.15, -0.1) is 0 Å². The number of nitrogens with zero attached hydrogens (tertiary/aromatic N) is 2. The van der Waals surface area contributed by atoms with E-state index in [-0.39, 0.29) is 23.9 Å². The molecule has 31 heavy (non-hydrogen) atoms. The normalized spacial score (nSPS) is 13.7. The van der Waals surface area contributed by atoms with Gasteiger partial charge in [-0.1, -0.05) is 6.07 Å². The molecular weight excluding hydrogens is 420 g/mol. The molecule has 11 heteroatoms. The van der Waals surface area contributed by atoms with Crippen LogP contribution in [0.4, 0.5) is 17.6 Å². The molecule has 2 aromatic carbocycles. The average Bonchev–Trinajstić information content (AvgIpc) is 3.11. The zero-order valence-corrected chi connectivity index (χ0v) is 15.9. The van der Waals surface area contributed by atoms with Gasteiger partial charge in [0.2, 0.25) is 5.91 Å². The number of nitrogens with one attached hydrogen (secondary N) is 2. The summed E-state index contributed by atoms with van der Waals surface area (Å²) in [5.74, 6) is -1.16. The summed E-state index contributed by atoms with van der Waals surface area (Å²) in [5, 5.41) is 5.92. The first-order chi connectivity index (χ1) is 14.7. The van der Waals surface area contributed by atoms with Crippen molar-refractivity contribution in [3.8, 4) is 11.5 Å². The summed E-state index contributed by atoms with van der Waals surface area (Å²) < 4.78 is 57.4. The third-order valence-corrected chi connectivity index (χ3v) is 4.89. The number of hydrogen-bond acceptors (Lipinski definition) is 4. The van der Waals surface area contributed by atoms with E-state index in [0.717, 1.165) is 17.2 Å². The van der Waals surface area contributed by atoms with Crippen molar-refractivity contribution in [2.45, 2.75) is 25.6 Å². The topological polar surface area (TPSA) is 91.1 Å². The van der Waals surface area contributed by atoms with Gasteiger partial charge in [-0.05, 0) is 41.8 Å². The van der Waals surface area contributed by atoms with E-state index in [1.54, 1.807) is 23.1 Å². The number of alkyl halides is 3. The van der Waals surface area contributed by atoms with Gasteiger partial charge in [-0.25, -0.2) is 14.3 Å². The predicted octanol–water partition coefficient (Wildman–Crippen LogP) is 3.18. The highest BCUT2D eigenvalue weighted by Gasteiger charge is 2.34. The Morgan fingerprint density at radius 1 is 1.13 bits per heavy atom. The molecule has 0 spiro atoms. The van der Waals surface area contributed by atoms with Crippen molar-refractivity contribution in [2.24, 2.45) is 0 Å². The molecule has 0 bridgehead atoms. The minimum absolute atomic E-state index is 0.0604. The van der Waals surface area contributed by atoms with Crippen molar-refractivity contribution in [1.29, 1.82) is 0 Å². The SMILES string of the molecule is O=C(Cc1n[nH]c(=O)[nH]1)N1CCc2ccc(Oc3ccc(C(F)(F)F)c(F)c3)cc2C1. The van der Waals surface area contributed by atoms with Gasteiger partial charge in [0, 0.05) is 19.2 Å². The molecule has 3 aromatic rings. The molecule has 0 saturated heterocycles. The zero-order valence-electron chi connectivity index (χ0n) is 15.9. The first-order valence-corrected chi connectivity index (χ1v) is 9.27. The number of hydrogen-bond donors (Lipinski definition) is 2. The van der Waals surface area contributed by atoms with E-state index in [0.29, 0.717) is 37.4 Å². The Bertz CT molecular complexity index is 1190. The molecule has 7 nitrogen and oxygen atoms in total. The van der Waals surface area contributed by atoms with Gasteiger partial charge in [0.05, 0.1) is 12.0 Å². The van der Waals surface area contributed by atoms with E-state index in [2.05, 4.69) is 15.2 Å². The fraction of sp³-hybridized carbons (Fsp3) is 0.250. The number of aromatic amines is 2. The third kappa shape index (κ3) is 4.60. The van der Waals surface area contributed by atoms with Gasteiger partial charge in [0.25, 0.3) is 0 Å². The Morgan fingerprint density at radius 3 is 2.55 bits per heavy atom. The first kappa shape index (κ1) is 20.6. The number of halogens is 4. The highest BCUT2D eigenvalue weighted by Crippen LogP contribution is 2.34. The number of amides is 1. The molecule has 0 aliphatic carbocycles. The van der Waals surface area contributed by atoms with E-state index >= 15 is 0 Å². The Kier molecular flexibility index (Phi) is 5.25. The van der Waals surface area contributed by atoms with Crippen LogP contribution in [0.5, 0.6) is 11.5 Å². The summed E-state index contributed by atoms with van der Waals surface area (Å²) in [7, 11) is 0. The van der Waals surface area contributed by atoms with Gasteiger partial charge >= 0.3 is 11.9 Å². The summed E-state index contributed by atoms with van der Waals surface area (Å²) in [5.41, 5.74) is -0.0471. The van der Waals surface area contributed by atoms with Gasteiger partial charge in [0.1, 0.15) is 23.1 Å². The molecule has 1 aliphatic rings. The van der Waals surface area contributed by atoms with Crippen molar-refractivity contribution in [3.63, 3.8) is 0 Å². The number of benzene rings is 2. The Balaban J connectivity index is 1.47. The molecule has 2 heterocycles. The van der Waals surface area contributed by atoms with Crippen molar-refractivity contribution in [2.75, 3.05) is 6.54 Å². The molecule has 0 saturated carbocycles. The number of H-pyrrole nitrogens is 2. The molecule has 1 aromatic heterocycles. The van der Waals surface area contributed by atoms with Crippen LogP contribution in [-0.2, 0) is 30.4 Å². The molecule has 0 fully saturated rings. The number of fused-ring (bicyclic) bond motifs is 1. The van der Waals surface area contributed by atoms with Gasteiger partial charge in [0.15, 0.2) is 0 Å². The Hall–Kier alpha value is -3.63. The van der Waals surface area contributed by atoms with Crippen LogP contribution in [0.1, 0.15) is 22.5 Å². The van der Waals surface area contributed by atoms with Crippen molar-refractivity contribution in [1.82, 2.24) is 20.1 Å². The van der Waals surface area contributed by atoms with E-state index < -0.39 is 23.2 Å². The van der Waals surface area contributed by atoms with E-state index in [1.165, 1.54) is 0 Å². The summed E-state index contributed by atoms with van der Waals surface area (Å²) in [6.07, 6.45) is -4.24. The number of carbonyl (C=O) groups excluding carboxylic acids is 1. The molecule has 1 aliphatic heterocycles. The summed E-state index contributed by atoms with van der Waals surface area (Å²) in [4.78, 5) is 27.6. The smallest absolute Gasteiger partial charge is 0.419 e. The highest BCUT2D eigenvalue weighted by molar-refractivity contribution is 5.78. The zero-order chi connectivity index (χ0) is 22.2. The maximum absolute atomic E-state index is 13.8. The lowest BCUT2D eigenvalue weighted by molar-refractivity contribution is -0.140. The fourth-order valence-corrected chi connectivity index (χ4v) is 3.38. The molecule has 0 radical (unpaired) electrons. The largest absolute Gasteiger partial charge is 0.457 e. The van der Waals surface area contributed by atoms with Crippen LogP contribution in [0, 0.1) is 5.82 Å². The van der Waals surface area contributed by atoms with Crippen LogP contribution in [0.3, 0.4) is 0 Å². The van der Waals surface area contributed by atoms with Crippen LogP contribution in [0.2, 0.25) is 0 Å². The maximum Gasteiger partial charge on any atom is 0.419 e. The van der Waals surface area contributed by atoms with E-state index in [9.17, 15) is 27.2 Å². The molecule has 162 valence electrons. The Morgan fingerprint density at radius 2 is 1.87 bits per heavy atom. The van der Waals surface area contributed by atoms with Gasteiger partial charge in [-0.2, -0.15) is 18.3 Å². The lowest BCUT2D eigenvalue weighted by Gasteiger charge is -2.29. The van der Waals surface area contributed by atoms with Crippen molar-refractivity contribution in [3.05, 3.63) is 75.2 Å². The monoisotopic (exact) mass is 436 g/mol. The molecule has 2 N–H and O–H groups in total. The van der Waals surface area contributed by atoms with E-state index in [1.807, 2.05) is 0 Å². The molecule has 0 atom stereocenters. The van der Waals surface area contributed by atoms with Crippen LogP contribution in [0.25, 0.3) is 0 Å². The van der Waals surface area contributed by atoms with Gasteiger partial charge < -0.3 is 9.64 Å². The maximum atomic E-state index is 13.8. The van der Waals surface area contributed by atoms with Crippen molar-refractivity contribution < 1.29 is 27.1 Å². The molecular formula is C20H16F4N4O3. The first-order valence-electron chi connectivity index (χ1n) is 9.27. The second-order valence-electron chi connectivity index (χ2n) is 7.04. The lowest BCUT2D eigenvalue weighted by Crippen LogP contribution is -2.37. The Labute approximate surface area is 172 Å². The predicted molar refractivity (Wildman–Crippen MR) is 100.0 cm³/mol. The summed E-state index contributed by atoms with van der Waals surface area (Å²) in [6, 6.07) is 7.47. The second kappa shape index (κ2) is 7.89. The average molecular weight is 436 g/mol. The van der Waals surface area contributed by atoms with Crippen molar-refractivity contribution >= 4 is 5.91 Å². The number of ether oxygens (including phenoxy) is 1. The minimum atomic E-state index is -4.78. The number of carbonyl (C=O) groups is 1. The summed E-state index contributed by atoms with van der Waals surface area (Å²) >= 11 is 0. The lowest BCUT2D eigenvalue weighted by atomic mass is 9.99. The molecule has 1 amide bonds. The number of aromatic nitrogens is 3. The molecule has 0 unspecified atom stereocenters.